The smallest absolute Gasteiger partial charge is 0.267 e. The molecule has 46 heavy (non-hydrogen) atoms. The molecule has 3 heterocycles. The molecule has 0 spiro atoms. The van der Waals surface area contributed by atoms with Gasteiger partial charge in [-0.25, -0.2) is 13.4 Å². The molecule has 242 valence electrons. The Bertz CT molecular complexity index is 2050. The molecule has 4 aromatic rings. The van der Waals surface area contributed by atoms with Crippen molar-refractivity contribution in [2.24, 2.45) is 11.3 Å². The molecule has 7 nitrogen and oxygen atoms in total. The van der Waals surface area contributed by atoms with Crippen molar-refractivity contribution >= 4 is 54.7 Å². The Balaban J connectivity index is 1.43. The van der Waals surface area contributed by atoms with E-state index in [9.17, 15) is 18.0 Å². The molecule has 2 aromatic carbocycles. The lowest BCUT2D eigenvalue weighted by atomic mass is 9.72. The maximum absolute atomic E-state index is 14.6. The first-order valence-corrected chi connectivity index (χ1v) is 19.2. The molecule has 0 radical (unpaired) electrons. The molecule has 0 bridgehead atoms. The predicted molar refractivity (Wildman–Crippen MR) is 191 cm³/mol. The number of rotatable bonds is 6. The number of amides is 1. The highest BCUT2D eigenvalue weighted by Gasteiger charge is 2.34. The van der Waals surface area contributed by atoms with Crippen LogP contribution >= 0.6 is 23.1 Å². The number of aromatic nitrogens is 2. The maximum Gasteiger partial charge on any atom is 0.267 e. The van der Waals surface area contributed by atoms with Gasteiger partial charge in [0.15, 0.2) is 15.0 Å². The number of sulfone groups is 1. The fraction of sp³-hybridized carbons (Fsp3) is 0.417. The summed E-state index contributed by atoms with van der Waals surface area (Å²) in [6.07, 6.45) is 4.42. The van der Waals surface area contributed by atoms with Gasteiger partial charge in [0.1, 0.15) is 4.83 Å². The van der Waals surface area contributed by atoms with Crippen molar-refractivity contribution in [3.63, 3.8) is 0 Å². The number of nitrogens with zero attached hydrogens (tertiary/aromatic N) is 3. The van der Waals surface area contributed by atoms with Crippen molar-refractivity contribution in [2.45, 2.75) is 78.9 Å². The van der Waals surface area contributed by atoms with Crippen molar-refractivity contribution < 1.29 is 13.2 Å². The van der Waals surface area contributed by atoms with Crippen LogP contribution in [0.1, 0.15) is 59.9 Å². The number of carbonyl (C=O) groups is 1. The van der Waals surface area contributed by atoms with E-state index < -0.39 is 15.9 Å². The van der Waals surface area contributed by atoms with Gasteiger partial charge in [-0.3, -0.25) is 14.2 Å². The molecule has 0 saturated carbocycles. The van der Waals surface area contributed by atoms with E-state index in [0.717, 1.165) is 57.6 Å². The average molecular weight is 676 g/mol. The molecule has 0 N–H and O–H groups in total. The molecular weight excluding hydrogens is 635 g/mol. The summed E-state index contributed by atoms with van der Waals surface area (Å²) in [5, 5.41) is 2.36. The standard InChI is InChI=1S/C36H41N3O4S3/c1-21-11-13-26(17-24(21)4)38(27-15-16-46(42,43)20-27)30(40)19-44-35-37-33-31(28-14-12-25(36(5,6)7)18-29(28)45-33)34(41)39(35)32-22(2)9-8-10-23(32)3/h8-11,13,15-17,25,27H,12,14,18-20H2,1-7H3. The van der Waals surface area contributed by atoms with Crippen LogP contribution in [0.5, 0.6) is 0 Å². The van der Waals surface area contributed by atoms with Crippen molar-refractivity contribution in [3.05, 3.63) is 90.9 Å². The van der Waals surface area contributed by atoms with Crippen LogP contribution in [0.2, 0.25) is 0 Å². The number of benzene rings is 2. The quantitative estimate of drug-likeness (QED) is 0.158. The van der Waals surface area contributed by atoms with E-state index in [4.69, 9.17) is 4.98 Å². The van der Waals surface area contributed by atoms with Crippen molar-refractivity contribution in [1.82, 2.24) is 9.55 Å². The zero-order valence-corrected chi connectivity index (χ0v) is 30.0. The summed E-state index contributed by atoms with van der Waals surface area (Å²) in [4.78, 5) is 37.3. The summed E-state index contributed by atoms with van der Waals surface area (Å²) in [5.41, 5.74) is 6.64. The molecule has 0 saturated heterocycles. The van der Waals surface area contributed by atoms with Crippen LogP contribution in [-0.2, 0) is 27.5 Å². The second kappa shape index (κ2) is 12.1. The number of thioether (sulfide) groups is 1. The van der Waals surface area contributed by atoms with Gasteiger partial charge in [0, 0.05) is 16.0 Å². The van der Waals surface area contributed by atoms with Gasteiger partial charge in [0.2, 0.25) is 5.91 Å². The Hall–Kier alpha value is -3.21. The molecule has 2 aromatic heterocycles. The van der Waals surface area contributed by atoms with E-state index in [0.29, 0.717) is 22.1 Å². The molecule has 6 rings (SSSR count). The second-order valence-electron chi connectivity index (χ2n) is 13.8. The average Bonchev–Trinajstić information content (AvgIpc) is 3.53. The monoisotopic (exact) mass is 675 g/mol. The molecule has 2 aliphatic rings. The normalized spacial score (nSPS) is 19.0. The minimum atomic E-state index is -3.40. The third-order valence-corrected chi connectivity index (χ3v) is 13.0. The van der Waals surface area contributed by atoms with Crippen LogP contribution in [-0.4, -0.2) is 41.4 Å². The van der Waals surface area contributed by atoms with Gasteiger partial charge in [-0.05, 0) is 104 Å². The molecule has 1 aliphatic heterocycles. The zero-order valence-electron chi connectivity index (χ0n) is 27.5. The summed E-state index contributed by atoms with van der Waals surface area (Å²) >= 11 is 2.84. The third-order valence-electron chi connectivity index (χ3n) is 9.54. The maximum atomic E-state index is 14.6. The van der Waals surface area contributed by atoms with Crippen LogP contribution in [0.4, 0.5) is 5.69 Å². The molecule has 0 fully saturated rings. The second-order valence-corrected chi connectivity index (χ2v) is 17.8. The van der Waals surface area contributed by atoms with E-state index >= 15 is 0 Å². The van der Waals surface area contributed by atoms with E-state index in [1.54, 1.807) is 26.9 Å². The largest absolute Gasteiger partial charge is 0.304 e. The number of anilines is 1. The fourth-order valence-corrected chi connectivity index (χ4v) is 10.2. The Kier molecular flexibility index (Phi) is 8.61. The molecular formula is C36H41N3O4S3. The number of hydrogen-bond donors (Lipinski definition) is 0. The summed E-state index contributed by atoms with van der Waals surface area (Å²) in [5.74, 6) is 0.104. The zero-order chi connectivity index (χ0) is 33.1. The van der Waals surface area contributed by atoms with E-state index in [1.165, 1.54) is 22.0 Å². The van der Waals surface area contributed by atoms with E-state index in [-0.39, 0.29) is 28.4 Å². The number of aryl methyl sites for hydroxylation is 5. The highest BCUT2D eigenvalue weighted by atomic mass is 32.2. The van der Waals surface area contributed by atoms with Gasteiger partial charge in [0.25, 0.3) is 5.56 Å². The predicted octanol–water partition coefficient (Wildman–Crippen LogP) is 7.27. The minimum absolute atomic E-state index is 0.0165. The Morgan fingerprint density at radius 2 is 1.78 bits per heavy atom. The van der Waals surface area contributed by atoms with Gasteiger partial charge in [-0.2, -0.15) is 0 Å². The molecule has 1 amide bonds. The highest BCUT2D eigenvalue weighted by Crippen LogP contribution is 2.43. The summed E-state index contributed by atoms with van der Waals surface area (Å²) in [6, 6.07) is 11.1. The summed E-state index contributed by atoms with van der Waals surface area (Å²) < 4.78 is 26.5. The van der Waals surface area contributed by atoms with Crippen LogP contribution in [0, 0.1) is 39.0 Å². The Labute approximate surface area is 279 Å². The lowest BCUT2D eigenvalue weighted by Gasteiger charge is -2.33. The number of hydrogen-bond acceptors (Lipinski definition) is 7. The Morgan fingerprint density at radius 1 is 1.07 bits per heavy atom. The number of carbonyl (C=O) groups excluding carboxylic acids is 1. The number of para-hydroxylation sites is 1. The van der Waals surface area contributed by atoms with Crippen molar-refractivity contribution in [1.29, 1.82) is 0 Å². The van der Waals surface area contributed by atoms with Crippen molar-refractivity contribution in [2.75, 3.05) is 16.4 Å². The fourth-order valence-electron chi connectivity index (χ4n) is 6.71. The van der Waals surface area contributed by atoms with Gasteiger partial charge < -0.3 is 4.90 Å². The molecule has 1 aliphatic carbocycles. The number of fused-ring (bicyclic) bond motifs is 3. The topological polar surface area (TPSA) is 89.3 Å². The van der Waals surface area contributed by atoms with Gasteiger partial charge in [-0.15, -0.1) is 11.3 Å². The van der Waals surface area contributed by atoms with Crippen molar-refractivity contribution in [3.8, 4) is 5.69 Å². The van der Waals surface area contributed by atoms with Crippen LogP contribution in [0.3, 0.4) is 0 Å². The Morgan fingerprint density at radius 3 is 2.41 bits per heavy atom. The first-order valence-electron chi connectivity index (χ1n) is 15.7. The molecule has 2 atom stereocenters. The number of thiophene rings is 1. The lowest BCUT2D eigenvalue weighted by molar-refractivity contribution is -0.116. The molecule has 2 unspecified atom stereocenters. The highest BCUT2D eigenvalue weighted by molar-refractivity contribution is 7.99. The van der Waals surface area contributed by atoms with Gasteiger partial charge in [0.05, 0.1) is 28.6 Å². The van der Waals surface area contributed by atoms with Crippen LogP contribution in [0.25, 0.3) is 15.9 Å². The van der Waals surface area contributed by atoms with Gasteiger partial charge >= 0.3 is 0 Å². The third kappa shape index (κ3) is 6.11. The lowest BCUT2D eigenvalue weighted by Crippen LogP contribution is -2.42. The molecule has 10 heteroatoms. The summed E-state index contributed by atoms with van der Waals surface area (Å²) in [7, 11) is -3.40. The summed E-state index contributed by atoms with van der Waals surface area (Å²) in [6.45, 7) is 14.8. The van der Waals surface area contributed by atoms with Crippen LogP contribution in [0.15, 0.2) is 57.8 Å². The first kappa shape index (κ1) is 32.7. The van der Waals surface area contributed by atoms with E-state index in [1.807, 2.05) is 64.1 Å². The van der Waals surface area contributed by atoms with Crippen LogP contribution < -0.4 is 10.5 Å². The SMILES string of the molecule is Cc1ccc(N(C(=O)CSc2nc3sc4c(c3c(=O)n2-c2c(C)cccc2C)CCC(C(C)(C)C)C4)C2C=CS(=O)(=O)C2)cc1C. The van der Waals surface area contributed by atoms with E-state index in [2.05, 4.69) is 20.8 Å². The van der Waals surface area contributed by atoms with Gasteiger partial charge in [-0.1, -0.05) is 56.8 Å². The first-order chi connectivity index (χ1) is 21.6. The minimum Gasteiger partial charge on any atom is -0.304 e.